The van der Waals surface area contributed by atoms with E-state index in [1.165, 1.54) is 0 Å². The van der Waals surface area contributed by atoms with Crippen molar-refractivity contribution >= 4 is 32.4 Å². The van der Waals surface area contributed by atoms with Gasteiger partial charge in [0.15, 0.2) is 11.5 Å². The van der Waals surface area contributed by atoms with Crippen LogP contribution in [0.4, 0.5) is 5.69 Å². The number of carbonyl (C=O) groups excluding carboxylic acids is 1. The lowest BCUT2D eigenvalue weighted by Crippen LogP contribution is -2.41. The van der Waals surface area contributed by atoms with E-state index in [0.717, 1.165) is 26.9 Å². The van der Waals surface area contributed by atoms with Crippen molar-refractivity contribution in [1.82, 2.24) is 5.32 Å². The van der Waals surface area contributed by atoms with Gasteiger partial charge >= 0.3 is 0 Å². The molecule has 0 saturated heterocycles. The van der Waals surface area contributed by atoms with Crippen LogP contribution in [0.1, 0.15) is 18.5 Å². The van der Waals surface area contributed by atoms with Gasteiger partial charge < -0.3 is 14.8 Å². The Labute approximate surface area is 181 Å². The largest absolute Gasteiger partial charge is 0.486 e. The number of anilines is 1. The van der Waals surface area contributed by atoms with E-state index in [1.807, 2.05) is 55.5 Å². The van der Waals surface area contributed by atoms with Crippen LogP contribution in [-0.4, -0.2) is 40.3 Å². The molecule has 4 rings (SSSR count). The Balaban J connectivity index is 1.55. The van der Waals surface area contributed by atoms with Gasteiger partial charge in [-0.3, -0.25) is 9.10 Å². The van der Waals surface area contributed by atoms with Crippen LogP contribution in [0.2, 0.25) is 0 Å². The Kier molecular flexibility index (Phi) is 5.73. The van der Waals surface area contributed by atoms with Gasteiger partial charge in [0, 0.05) is 5.39 Å². The third kappa shape index (κ3) is 4.59. The van der Waals surface area contributed by atoms with Crippen molar-refractivity contribution in [2.24, 2.45) is 0 Å². The van der Waals surface area contributed by atoms with Crippen LogP contribution >= 0.6 is 0 Å². The number of hydrogen-bond donors (Lipinski definition) is 1. The highest BCUT2D eigenvalue weighted by molar-refractivity contribution is 7.92. The molecule has 1 heterocycles. The minimum Gasteiger partial charge on any atom is -0.486 e. The first-order valence-corrected chi connectivity index (χ1v) is 11.8. The maximum atomic E-state index is 12.8. The van der Waals surface area contributed by atoms with Gasteiger partial charge in [0.2, 0.25) is 15.9 Å². The molecule has 0 aliphatic carbocycles. The Bertz CT molecular complexity index is 1220. The molecule has 0 fully saturated rings. The van der Waals surface area contributed by atoms with Crippen LogP contribution in [0.15, 0.2) is 60.7 Å². The van der Waals surface area contributed by atoms with Crippen LogP contribution in [0.5, 0.6) is 11.5 Å². The van der Waals surface area contributed by atoms with Crippen LogP contribution in [-0.2, 0) is 14.8 Å². The second kappa shape index (κ2) is 8.47. The van der Waals surface area contributed by atoms with E-state index >= 15 is 0 Å². The number of nitrogens with zero attached hydrogens (tertiary/aromatic N) is 1. The van der Waals surface area contributed by atoms with Gasteiger partial charge in [-0.25, -0.2) is 8.42 Å². The molecule has 31 heavy (non-hydrogen) atoms. The third-order valence-corrected chi connectivity index (χ3v) is 6.29. The molecule has 0 saturated carbocycles. The van der Waals surface area contributed by atoms with Gasteiger partial charge in [-0.2, -0.15) is 0 Å². The summed E-state index contributed by atoms with van der Waals surface area (Å²) in [5.41, 5.74) is 1.32. The molecule has 3 aromatic carbocycles. The molecule has 1 N–H and O–H groups in total. The zero-order valence-corrected chi connectivity index (χ0v) is 18.2. The smallest absolute Gasteiger partial charge is 0.241 e. The summed E-state index contributed by atoms with van der Waals surface area (Å²) in [4.78, 5) is 12.8. The zero-order chi connectivity index (χ0) is 22.0. The summed E-state index contributed by atoms with van der Waals surface area (Å²) < 4.78 is 37.4. The topological polar surface area (TPSA) is 84.9 Å². The Hall–Kier alpha value is -3.26. The second-order valence-electron chi connectivity index (χ2n) is 7.46. The predicted molar refractivity (Wildman–Crippen MR) is 120 cm³/mol. The number of ether oxygens (including phenoxy) is 2. The average Bonchev–Trinajstić information content (AvgIpc) is 2.76. The van der Waals surface area contributed by atoms with Crippen LogP contribution in [0.25, 0.3) is 10.8 Å². The van der Waals surface area contributed by atoms with Crippen molar-refractivity contribution in [3.8, 4) is 11.5 Å². The fourth-order valence-electron chi connectivity index (χ4n) is 3.64. The molecule has 0 spiro atoms. The van der Waals surface area contributed by atoms with Gasteiger partial charge in [-0.05, 0) is 36.1 Å². The number of carbonyl (C=O) groups is 1. The Morgan fingerprint density at radius 1 is 1.03 bits per heavy atom. The van der Waals surface area contributed by atoms with E-state index in [2.05, 4.69) is 5.32 Å². The summed E-state index contributed by atoms with van der Waals surface area (Å²) in [6.45, 7) is 2.51. The van der Waals surface area contributed by atoms with Gasteiger partial charge in [0.1, 0.15) is 19.8 Å². The molecular formula is C23H24N2O5S. The number of sulfonamides is 1. The molecular weight excluding hydrogens is 416 g/mol. The highest BCUT2D eigenvalue weighted by atomic mass is 32.2. The van der Waals surface area contributed by atoms with Crippen LogP contribution in [0, 0.1) is 0 Å². The van der Waals surface area contributed by atoms with Crippen molar-refractivity contribution in [1.29, 1.82) is 0 Å². The minimum absolute atomic E-state index is 0.318. The number of benzene rings is 3. The van der Waals surface area contributed by atoms with Gasteiger partial charge in [-0.15, -0.1) is 0 Å². The molecule has 7 nitrogen and oxygen atoms in total. The fraction of sp³-hybridized carbons (Fsp3) is 0.261. The minimum atomic E-state index is -3.68. The summed E-state index contributed by atoms with van der Waals surface area (Å²) >= 11 is 0. The maximum absolute atomic E-state index is 12.8. The van der Waals surface area contributed by atoms with Crippen molar-refractivity contribution in [2.45, 2.75) is 13.0 Å². The molecule has 162 valence electrons. The summed E-state index contributed by atoms with van der Waals surface area (Å²) in [5, 5.41) is 4.55. The number of rotatable bonds is 6. The van der Waals surface area contributed by atoms with E-state index in [1.54, 1.807) is 12.1 Å². The normalized spacial score (nSPS) is 14.1. The lowest BCUT2D eigenvalue weighted by molar-refractivity contribution is -0.120. The van der Waals surface area contributed by atoms with E-state index in [0.29, 0.717) is 30.4 Å². The quantitative estimate of drug-likeness (QED) is 0.636. The van der Waals surface area contributed by atoms with Gasteiger partial charge in [0.25, 0.3) is 0 Å². The maximum Gasteiger partial charge on any atom is 0.241 e. The lowest BCUT2D eigenvalue weighted by atomic mass is 10.1. The summed E-state index contributed by atoms with van der Waals surface area (Å²) in [6.07, 6.45) is 1.10. The van der Waals surface area contributed by atoms with E-state index in [-0.39, 0.29) is 12.6 Å². The van der Waals surface area contributed by atoms with E-state index < -0.39 is 15.9 Å². The molecule has 0 bridgehead atoms. The van der Waals surface area contributed by atoms with E-state index in [4.69, 9.17) is 9.47 Å². The SMILES string of the molecule is C[C@H](NC(=O)CN(c1cccc2ccccc12)S(C)(=O)=O)c1ccc2c(c1)OCCO2. The predicted octanol–water partition coefficient (Wildman–Crippen LogP) is 3.25. The summed E-state index contributed by atoms with van der Waals surface area (Å²) in [5.74, 6) is 0.909. The molecule has 0 aromatic heterocycles. The number of hydrogen-bond acceptors (Lipinski definition) is 5. The van der Waals surface area contributed by atoms with Crippen molar-refractivity contribution in [3.63, 3.8) is 0 Å². The lowest BCUT2D eigenvalue weighted by Gasteiger charge is -2.25. The number of fused-ring (bicyclic) bond motifs is 2. The Morgan fingerprint density at radius 2 is 1.74 bits per heavy atom. The zero-order valence-electron chi connectivity index (χ0n) is 17.4. The molecule has 0 radical (unpaired) electrons. The first kappa shape index (κ1) is 21.0. The van der Waals surface area contributed by atoms with Crippen molar-refractivity contribution < 1.29 is 22.7 Å². The van der Waals surface area contributed by atoms with Crippen LogP contribution < -0.4 is 19.1 Å². The molecule has 0 unspecified atom stereocenters. The highest BCUT2D eigenvalue weighted by Crippen LogP contribution is 2.33. The van der Waals surface area contributed by atoms with Gasteiger partial charge in [-0.1, -0.05) is 42.5 Å². The summed E-state index contributed by atoms with van der Waals surface area (Å²) in [6, 6.07) is 18.0. The molecule has 1 aliphatic heterocycles. The highest BCUT2D eigenvalue weighted by Gasteiger charge is 2.24. The first-order chi connectivity index (χ1) is 14.8. The number of amides is 1. The fourth-order valence-corrected chi connectivity index (χ4v) is 4.51. The standard InChI is InChI=1S/C23H24N2O5S/c1-16(18-10-11-21-22(14-18)30-13-12-29-21)24-23(26)15-25(31(2,27)28)20-9-5-7-17-6-3-4-8-19(17)20/h3-11,14,16H,12-13,15H2,1-2H3,(H,24,26)/t16-/m0/s1. The van der Waals surface area contributed by atoms with Crippen molar-refractivity contribution in [2.75, 3.05) is 30.3 Å². The first-order valence-electron chi connectivity index (χ1n) is 9.97. The number of nitrogens with one attached hydrogen (secondary N) is 1. The van der Waals surface area contributed by atoms with Crippen LogP contribution in [0.3, 0.4) is 0 Å². The third-order valence-electron chi connectivity index (χ3n) is 5.17. The average molecular weight is 441 g/mol. The second-order valence-corrected chi connectivity index (χ2v) is 9.37. The molecule has 3 aromatic rings. The molecule has 1 aliphatic rings. The molecule has 8 heteroatoms. The Morgan fingerprint density at radius 3 is 2.52 bits per heavy atom. The van der Waals surface area contributed by atoms with Crippen molar-refractivity contribution in [3.05, 3.63) is 66.2 Å². The summed E-state index contributed by atoms with van der Waals surface area (Å²) in [7, 11) is -3.68. The molecule has 1 atom stereocenters. The van der Waals surface area contributed by atoms with E-state index in [9.17, 15) is 13.2 Å². The monoisotopic (exact) mass is 440 g/mol. The molecule has 1 amide bonds. The van der Waals surface area contributed by atoms with Gasteiger partial charge in [0.05, 0.1) is 18.0 Å².